The molecule has 0 unspecified atom stereocenters. The number of carboxylic acids is 1. The number of amides is 2. The zero-order valence-electron chi connectivity index (χ0n) is 11.0. The summed E-state index contributed by atoms with van der Waals surface area (Å²) in [5, 5.41) is 21.7. The molecule has 0 radical (unpaired) electrons. The van der Waals surface area contributed by atoms with Crippen LogP contribution >= 0.6 is 11.8 Å². The van der Waals surface area contributed by atoms with Crippen LogP contribution in [0, 0.1) is 11.3 Å². The van der Waals surface area contributed by atoms with Gasteiger partial charge in [-0.15, -0.1) is 11.8 Å². The number of carboxylic acid groups (broad SMARTS) is 1. The highest BCUT2D eigenvalue weighted by atomic mass is 32.2. The SMILES string of the molecule is N#CCSCC(=O)Nc1ccc(C(=O)NCC(=O)O)cc1. The van der Waals surface area contributed by atoms with Crippen molar-refractivity contribution in [3.63, 3.8) is 0 Å². The lowest BCUT2D eigenvalue weighted by atomic mass is 10.2. The maximum Gasteiger partial charge on any atom is 0.322 e. The van der Waals surface area contributed by atoms with Crippen LogP contribution < -0.4 is 10.6 Å². The predicted octanol–water partition coefficient (Wildman–Crippen LogP) is 0.696. The summed E-state index contributed by atoms with van der Waals surface area (Å²) >= 11 is 1.21. The molecule has 7 nitrogen and oxygen atoms in total. The number of carbonyl (C=O) groups is 3. The Kier molecular flexibility index (Phi) is 6.77. The number of benzene rings is 1. The maximum absolute atomic E-state index is 11.6. The second-order valence-electron chi connectivity index (χ2n) is 3.85. The van der Waals surface area contributed by atoms with E-state index in [9.17, 15) is 14.4 Å². The van der Waals surface area contributed by atoms with Crippen molar-refractivity contribution in [2.75, 3.05) is 23.4 Å². The lowest BCUT2D eigenvalue weighted by Crippen LogP contribution is -2.29. The number of rotatable bonds is 7. The molecule has 21 heavy (non-hydrogen) atoms. The van der Waals surface area contributed by atoms with E-state index < -0.39 is 18.4 Å². The molecular formula is C13H13N3O4S. The highest BCUT2D eigenvalue weighted by Gasteiger charge is 2.08. The van der Waals surface area contributed by atoms with Crippen LogP contribution in [-0.4, -0.2) is 40.9 Å². The first-order valence-electron chi connectivity index (χ1n) is 5.87. The van der Waals surface area contributed by atoms with Crippen molar-refractivity contribution in [1.29, 1.82) is 5.26 Å². The van der Waals surface area contributed by atoms with Gasteiger partial charge < -0.3 is 15.7 Å². The minimum Gasteiger partial charge on any atom is -0.480 e. The van der Waals surface area contributed by atoms with Gasteiger partial charge in [0, 0.05) is 11.3 Å². The molecule has 0 fully saturated rings. The average molecular weight is 307 g/mol. The second kappa shape index (κ2) is 8.60. The molecule has 0 saturated carbocycles. The van der Waals surface area contributed by atoms with E-state index in [-0.39, 0.29) is 17.4 Å². The van der Waals surface area contributed by atoms with Gasteiger partial charge in [0.2, 0.25) is 5.91 Å². The van der Waals surface area contributed by atoms with Gasteiger partial charge in [0.05, 0.1) is 17.6 Å². The Morgan fingerprint density at radius 1 is 1.24 bits per heavy atom. The number of anilines is 1. The summed E-state index contributed by atoms with van der Waals surface area (Å²) in [6.45, 7) is -0.451. The van der Waals surface area contributed by atoms with Crippen LogP contribution in [0.1, 0.15) is 10.4 Å². The summed E-state index contributed by atoms with van der Waals surface area (Å²) in [6, 6.07) is 7.97. The highest BCUT2D eigenvalue weighted by molar-refractivity contribution is 8.00. The number of hydrogen-bond acceptors (Lipinski definition) is 5. The number of aliphatic carboxylic acids is 1. The molecule has 0 atom stereocenters. The van der Waals surface area contributed by atoms with E-state index in [1.165, 1.54) is 23.9 Å². The number of nitriles is 1. The van der Waals surface area contributed by atoms with Crippen LogP contribution in [0.3, 0.4) is 0 Å². The molecule has 1 rings (SSSR count). The molecule has 8 heteroatoms. The molecule has 0 saturated heterocycles. The molecular weight excluding hydrogens is 294 g/mol. The van der Waals surface area contributed by atoms with Gasteiger partial charge in [-0.05, 0) is 24.3 Å². The van der Waals surface area contributed by atoms with E-state index in [4.69, 9.17) is 10.4 Å². The highest BCUT2D eigenvalue weighted by Crippen LogP contribution is 2.10. The van der Waals surface area contributed by atoms with E-state index in [0.29, 0.717) is 11.3 Å². The molecule has 0 spiro atoms. The Balaban J connectivity index is 2.50. The van der Waals surface area contributed by atoms with Crippen molar-refractivity contribution in [3.8, 4) is 6.07 Å². The quantitative estimate of drug-likeness (QED) is 0.638. The lowest BCUT2D eigenvalue weighted by Gasteiger charge is -2.06. The van der Waals surface area contributed by atoms with Crippen LogP contribution in [0.15, 0.2) is 24.3 Å². The molecule has 0 aliphatic heterocycles. The van der Waals surface area contributed by atoms with Gasteiger partial charge in [-0.2, -0.15) is 5.26 Å². The number of carbonyl (C=O) groups excluding carboxylic acids is 2. The number of thioether (sulfide) groups is 1. The lowest BCUT2D eigenvalue weighted by molar-refractivity contribution is -0.135. The number of nitrogens with zero attached hydrogens (tertiary/aromatic N) is 1. The van der Waals surface area contributed by atoms with Gasteiger partial charge >= 0.3 is 5.97 Å². The molecule has 1 aromatic carbocycles. The Labute approximate surface area is 125 Å². The van der Waals surface area contributed by atoms with Gasteiger partial charge in [-0.25, -0.2) is 0 Å². The van der Waals surface area contributed by atoms with E-state index >= 15 is 0 Å². The molecule has 1 aromatic rings. The zero-order valence-corrected chi connectivity index (χ0v) is 11.8. The summed E-state index contributed by atoms with van der Waals surface area (Å²) in [5.74, 6) is -1.44. The minimum absolute atomic E-state index is 0.175. The van der Waals surface area contributed by atoms with Crippen molar-refractivity contribution in [2.24, 2.45) is 0 Å². The van der Waals surface area contributed by atoms with Crippen molar-refractivity contribution >= 4 is 35.2 Å². The third kappa shape index (κ3) is 6.44. The van der Waals surface area contributed by atoms with Crippen molar-refractivity contribution in [2.45, 2.75) is 0 Å². The van der Waals surface area contributed by atoms with Crippen molar-refractivity contribution in [3.05, 3.63) is 29.8 Å². The standard InChI is InChI=1S/C13H13N3O4S/c14-5-6-21-8-11(17)16-10-3-1-9(2-4-10)13(20)15-7-12(18)19/h1-4H,6-8H2,(H,15,20)(H,16,17)(H,18,19). The largest absolute Gasteiger partial charge is 0.480 e. The summed E-state index contributed by atoms with van der Waals surface area (Å²) in [6.07, 6.45) is 0. The summed E-state index contributed by atoms with van der Waals surface area (Å²) in [4.78, 5) is 33.4. The Hall–Kier alpha value is -2.53. The molecule has 3 N–H and O–H groups in total. The molecule has 0 aliphatic rings. The minimum atomic E-state index is -1.12. The molecule has 0 heterocycles. The Bertz CT molecular complexity index is 566. The first kappa shape index (κ1) is 16.5. The van der Waals surface area contributed by atoms with E-state index in [0.717, 1.165) is 0 Å². The van der Waals surface area contributed by atoms with Gasteiger partial charge in [0.1, 0.15) is 6.54 Å². The van der Waals surface area contributed by atoms with E-state index in [1.54, 1.807) is 12.1 Å². The maximum atomic E-state index is 11.6. The average Bonchev–Trinajstić information content (AvgIpc) is 2.45. The summed E-state index contributed by atoms with van der Waals surface area (Å²) < 4.78 is 0. The monoisotopic (exact) mass is 307 g/mol. The predicted molar refractivity (Wildman–Crippen MR) is 78.0 cm³/mol. The Morgan fingerprint density at radius 2 is 1.90 bits per heavy atom. The van der Waals surface area contributed by atoms with E-state index in [1.807, 2.05) is 6.07 Å². The molecule has 2 amide bonds. The van der Waals surface area contributed by atoms with Crippen molar-refractivity contribution < 1.29 is 19.5 Å². The van der Waals surface area contributed by atoms with Crippen LogP contribution in [-0.2, 0) is 9.59 Å². The van der Waals surface area contributed by atoms with Gasteiger partial charge in [0.25, 0.3) is 5.91 Å². The van der Waals surface area contributed by atoms with Crippen LogP contribution in [0.5, 0.6) is 0 Å². The second-order valence-corrected chi connectivity index (χ2v) is 4.84. The number of nitrogens with one attached hydrogen (secondary N) is 2. The molecule has 0 aliphatic carbocycles. The third-order valence-corrected chi connectivity index (χ3v) is 3.03. The molecule has 0 bridgehead atoms. The van der Waals surface area contributed by atoms with Gasteiger partial charge in [-0.3, -0.25) is 14.4 Å². The van der Waals surface area contributed by atoms with Crippen molar-refractivity contribution in [1.82, 2.24) is 5.32 Å². The zero-order chi connectivity index (χ0) is 15.7. The fourth-order valence-electron chi connectivity index (χ4n) is 1.35. The fraction of sp³-hybridized carbons (Fsp3) is 0.231. The van der Waals surface area contributed by atoms with Crippen LogP contribution in [0.25, 0.3) is 0 Å². The molecule has 110 valence electrons. The number of hydrogen-bond donors (Lipinski definition) is 3. The summed E-state index contributed by atoms with van der Waals surface area (Å²) in [7, 11) is 0. The topological polar surface area (TPSA) is 119 Å². The van der Waals surface area contributed by atoms with Crippen LogP contribution in [0.2, 0.25) is 0 Å². The fourth-order valence-corrected chi connectivity index (χ4v) is 1.80. The molecule has 0 aromatic heterocycles. The normalized spacial score (nSPS) is 9.48. The van der Waals surface area contributed by atoms with Gasteiger partial charge in [-0.1, -0.05) is 0 Å². The van der Waals surface area contributed by atoms with Gasteiger partial charge in [0.15, 0.2) is 0 Å². The third-order valence-electron chi connectivity index (χ3n) is 2.23. The first-order valence-corrected chi connectivity index (χ1v) is 7.03. The van der Waals surface area contributed by atoms with E-state index in [2.05, 4.69) is 10.6 Å². The summed E-state index contributed by atoms with van der Waals surface area (Å²) in [5.41, 5.74) is 0.820. The Morgan fingerprint density at radius 3 is 2.48 bits per heavy atom. The smallest absolute Gasteiger partial charge is 0.322 e. The first-order chi connectivity index (χ1) is 10.0. The van der Waals surface area contributed by atoms with Crippen LogP contribution in [0.4, 0.5) is 5.69 Å².